The number of amides is 1. The highest BCUT2D eigenvalue weighted by atomic mass is 79.9. The van der Waals surface area contributed by atoms with E-state index in [0.717, 1.165) is 19.3 Å². The second-order valence-electron chi connectivity index (χ2n) is 6.74. The Morgan fingerprint density at radius 3 is 2.71 bits per heavy atom. The van der Waals surface area contributed by atoms with E-state index in [1.165, 1.54) is 6.07 Å². The highest BCUT2D eigenvalue weighted by Gasteiger charge is 2.27. The second-order valence-corrected chi connectivity index (χ2v) is 9.31. The first-order valence-electron chi connectivity index (χ1n) is 9.07. The quantitative estimate of drug-likeness (QED) is 0.719. The molecule has 2 aliphatic heterocycles. The molecule has 2 heterocycles. The van der Waals surface area contributed by atoms with Crippen molar-refractivity contribution in [2.24, 2.45) is 0 Å². The lowest BCUT2D eigenvalue weighted by atomic mass is 10.1. The number of halogens is 1. The highest BCUT2D eigenvalue weighted by molar-refractivity contribution is 9.10. The Morgan fingerprint density at radius 1 is 1.14 bits per heavy atom. The Morgan fingerprint density at radius 2 is 1.93 bits per heavy atom. The van der Waals surface area contributed by atoms with Crippen molar-refractivity contribution in [1.29, 1.82) is 0 Å². The summed E-state index contributed by atoms with van der Waals surface area (Å²) in [6, 6.07) is 9.84. The Labute approximate surface area is 172 Å². The van der Waals surface area contributed by atoms with E-state index in [1.807, 2.05) is 0 Å². The molecule has 2 aromatic rings. The molecule has 148 valence electrons. The van der Waals surface area contributed by atoms with Crippen LogP contribution in [0.4, 0.5) is 11.4 Å². The van der Waals surface area contributed by atoms with E-state index in [1.54, 1.807) is 35.2 Å². The summed E-state index contributed by atoms with van der Waals surface area (Å²) in [6.45, 7) is 1.60. The summed E-state index contributed by atoms with van der Waals surface area (Å²) in [7, 11) is -3.93. The number of benzene rings is 2. The summed E-state index contributed by atoms with van der Waals surface area (Å²) in [5.74, 6) is 0.325. The fraction of sp³-hybridized carbons (Fsp3) is 0.316. The van der Waals surface area contributed by atoms with Gasteiger partial charge in [0.2, 0.25) is 0 Å². The molecule has 7 nitrogen and oxygen atoms in total. The van der Waals surface area contributed by atoms with Crippen LogP contribution in [0, 0.1) is 0 Å². The van der Waals surface area contributed by atoms with E-state index >= 15 is 0 Å². The lowest BCUT2D eigenvalue weighted by Crippen LogP contribution is -2.36. The SMILES string of the molecule is O=C(c1ccc(Br)cc1NS(=O)(=O)c1cccc2c1NCO2)N1CCCCC1. The van der Waals surface area contributed by atoms with Gasteiger partial charge in [0, 0.05) is 17.6 Å². The number of piperidine rings is 1. The number of carbonyl (C=O) groups is 1. The molecule has 4 rings (SSSR count). The number of anilines is 2. The van der Waals surface area contributed by atoms with Gasteiger partial charge in [-0.3, -0.25) is 9.52 Å². The van der Waals surface area contributed by atoms with Crippen LogP contribution in [0.2, 0.25) is 0 Å². The number of nitrogens with one attached hydrogen (secondary N) is 2. The molecule has 2 aromatic carbocycles. The normalized spacial score (nSPS) is 16.1. The van der Waals surface area contributed by atoms with Gasteiger partial charge in [0.1, 0.15) is 16.3 Å². The molecule has 0 atom stereocenters. The summed E-state index contributed by atoms with van der Waals surface area (Å²) in [5, 5.41) is 2.94. The monoisotopic (exact) mass is 465 g/mol. The van der Waals surface area contributed by atoms with Crippen molar-refractivity contribution >= 4 is 43.2 Å². The van der Waals surface area contributed by atoms with Crippen LogP contribution in [0.1, 0.15) is 29.6 Å². The van der Waals surface area contributed by atoms with Gasteiger partial charge < -0.3 is 15.0 Å². The average molecular weight is 466 g/mol. The summed E-state index contributed by atoms with van der Waals surface area (Å²) < 4.78 is 34.8. The van der Waals surface area contributed by atoms with E-state index in [4.69, 9.17) is 4.74 Å². The van der Waals surface area contributed by atoms with E-state index in [9.17, 15) is 13.2 Å². The molecule has 0 radical (unpaired) electrons. The Kier molecular flexibility index (Phi) is 5.20. The maximum absolute atomic E-state index is 13.1. The van der Waals surface area contributed by atoms with Crippen LogP contribution in [-0.2, 0) is 10.0 Å². The van der Waals surface area contributed by atoms with E-state index in [0.29, 0.717) is 34.6 Å². The average Bonchev–Trinajstić information content (AvgIpc) is 3.16. The second kappa shape index (κ2) is 7.63. The van der Waals surface area contributed by atoms with E-state index < -0.39 is 10.0 Å². The number of hydrogen-bond donors (Lipinski definition) is 2. The number of likely N-dealkylation sites (tertiary alicyclic amines) is 1. The number of para-hydroxylation sites is 1. The van der Waals surface area contributed by atoms with Gasteiger partial charge in [-0.15, -0.1) is 0 Å². The first kappa shape index (κ1) is 19.1. The molecule has 0 saturated carbocycles. The van der Waals surface area contributed by atoms with Crippen LogP contribution in [0.25, 0.3) is 0 Å². The molecule has 0 bridgehead atoms. The summed E-state index contributed by atoms with van der Waals surface area (Å²) >= 11 is 3.36. The maximum Gasteiger partial charge on any atom is 0.264 e. The molecular weight excluding hydrogens is 446 g/mol. The number of sulfonamides is 1. The standard InChI is InChI=1S/C19H20BrN3O4S/c20-13-7-8-14(19(24)23-9-2-1-3-10-23)15(11-13)22-28(25,26)17-6-4-5-16-18(17)21-12-27-16/h4-8,11,21-22H,1-3,9-10,12H2. The van der Waals surface area contributed by atoms with Crippen LogP contribution in [0.15, 0.2) is 45.8 Å². The van der Waals surface area contributed by atoms with Crippen molar-refractivity contribution in [3.05, 3.63) is 46.4 Å². The molecule has 1 amide bonds. The van der Waals surface area contributed by atoms with Gasteiger partial charge >= 0.3 is 0 Å². The third kappa shape index (κ3) is 3.68. The summed E-state index contributed by atoms with van der Waals surface area (Å²) in [5.41, 5.74) is 1.01. The van der Waals surface area contributed by atoms with E-state index in [-0.39, 0.29) is 23.2 Å². The number of ether oxygens (including phenoxy) is 1. The molecular formula is C19H20BrN3O4S. The molecule has 1 fully saturated rings. The van der Waals surface area contributed by atoms with E-state index in [2.05, 4.69) is 26.0 Å². The molecule has 9 heteroatoms. The third-order valence-electron chi connectivity index (χ3n) is 4.85. The van der Waals surface area contributed by atoms with Gasteiger partial charge in [-0.05, 0) is 49.6 Å². The lowest BCUT2D eigenvalue weighted by molar-refractivity contribution is 0.0725. The molecule has 2 aliphatic rings. The topological polar surface area (TPSA) is 87.7 Å². The lowest BCUT2D eigenvalue weighted by Gasteiger charge is -2.27. The largest absolute Gasteiger partial charge is 0.471 e. The van der Waals surface area contributed by atoms with Gasteiger partial charge in [0.25, 0.3) is 15.9 Å². The van der Waals surface area contributed by atoms with Gasteiger partial charge in [0.15, 0.2) is 6.73 Å². The number of rotatable bonds is 4. The predicted octanol–water partition coefficient (Wildman–Crippen LogP) is 3.64. The van der Waals surface area contributed by atoms with Gasteiger partial charge in [-0.2, -0.15) is 0 Å². The zero-order valence-electron chi connectivity index (χ0n) is 15.1. The van der Waals surface area contributed by atoms with Gasteiger partial charge in [0.05, 0.1) is 11.3 Å². The number of hydrogen-bond acceptors (Lipinski definition) is 5. The van der Waals surface area contributed by atoms with Crippen LogP contribution >= 0.6 is 15.9 Å². The molecule has 28 heavy (non-hydrogen) atoms. The van der Waals surface area contributed by atoms with Crippen LogP contribution < -0.4 is 14.8 Å². The first-order chi connectivity index (χ1) is 13.5. The number of nitrogens with zero attached hydrogens (tertiary/aromatic N) is 1. The van der Waals surface area contributed by atoms with Crippen molar-refractivity contribution in [2.75, 3.05) is 29.9 Å². The molecule has 0 unspecified atom stereocenters. The Hall–Kier alpha value is -2.26. The van der Waals surface area contributed by atoms with Crippen molar-refractivity contribution in [1.82, 2.24) is 4.90 Å². The third-order valence-corrected chi connectivity index (χ3v) is 6.75. The van der Waals surface area contributed by atoms with Gasteiger partial charge in [-0.25, -0.2) is 8.42 Å². The molecule has 0 spiro atoms. The fourth-order valence-electron chi connectivity index (χ4n) is 3.47. The number of carbonyl (C=O) groups excluding carboxylic acids is 1. The van der Waals surface area contributed by atoms with Crippen molar-refractivity contribution in [3.8, 4) is 5.75 Å². The van der Waals surface area contributed by atoms with Crippen LogP contribution in [0.3, 0.4) is 0 Å². The Balaban J connectivity index is 1.69. The molecule has 2 N–H and O–H groups in total. The molecule has 1 saturated heterocycles. The van der Waals surface area contributed by atoms with Crippen LogP contribution in [-0.4, -0.2) is 39.0 Å². The zero-order valence-corrected chi connectivity index (χ0v) is 17.5. The summed E-state index contributed by atoms with van der Waals surface area (Å²) in [6.07, 6.45) is 3.04. The van der Waals surface area contributed by atoms with Crippen molar-refractivity contribution < 1.29 is 17.9 Å². The van der Waals surface area contributed by atoms with Crippen molar-refractivity contribution in [3.63, 3.8) is 0 Å². The minimum atomic E-state index is -3.93. The number of fused-ring (bicyclic) bond motifs is 1. The maximum atomic E-state index is 13.1. The highest BCUT2D eigenvalue weighted by Crippen LogP contribution is 2.36. The Bertz CT molecular complexity index is 1020. The first-order valence-corrected chi connectivity index (χ1v) is 11.3. The minimum absolute atomic E-state index is 0.0823. The van der Waals surface area contributed by atoms with Gasteiger partial charge in [-0.1, -0.05) is 22.0 Å². The minimum Gasteiger partial charge on any atom is -0.471 e. The molecule has 0 aromatic heterocycles. The molecule has 0 aliphatic carbocycles. The zero-order chi connectivity index (χ0) is 19.7. The van der Waals surface area contributed by atoms with Crippen LogP contribution in [0.5, 0.6) is 5.75 Å². The summed E-state index contributed by atoms with van der Waals surface area (Å²) in [4.78, 5) is 14.8. The predicted molar refractivity (Wildman–Crippen MR) is 110 cm³/mol. The fourth-order valence-corrected chi connectivity index (χ4v) is 5.10. The van der Waals surface area contributed by atoms with Crippen molar-refractivity contribution in [2.45, 2.75) is 24.2 Å². The smallest absolute Gasteiger partial charge is 0.264 e.